The molecule has 2 fully saturated rings. The van der Waals surface area contributed by atoms with Crippen molar-refractivity contribution >= 4 is 71.0 Å². The predicted molar refractivity (Wildman–Crippen MR) is 364 cm³/mol. The van der Waals surface area contributed by atoms with E-state index >= 15 is 0 Å². The second-order valence-corrected chi connectivity index (χ2v) is 26.1. The first-order valence-electron chi connectivity index (χ1n) is 34.1. The highest BCUT2D eigenvalue weighted by Crippen LogP contribution is 2.33. The molecule has 542 valence electrons. The molecule has 4 aromatic rings. The van der Waals surface area contributed by atoms with E-state index in [4.69, 9.17) is 31.4 Å². The molecule has 10 atom stereocenters. The number of fused-ring (bicyclic) bond motifs is 3. The maximum absolute atomic E-state index is 14.7. The largest absolute Gasteiger partial charge is 0.508 e. The number of rotatable bonds is 33. The van der Waals surface area contributed by atoms with Gasteiger partial charge in [-0.1, -0.05) is 54.1 Å². The molecule has 3 aliphatic heterocycles. The SMILES string of the molecule is NCCCC[C@@H]1NC(=O)[C@H](Cc2ccc(O)cc2)NC(=O)[C@H](Cc2ccccc2)NC(=O)[C@@H](N)Cc2cn(nn2)CCCC[C@@H](C(=O)NCCCOCCOCCOCCCNC(=O)CCCC[C@H]2SCC3NC(=O)N[C@H]32)NC(=O)[C@H](Cc2c[nH]cn2)NC(=O)[C@H](CCC(N)=O)NC1=O. The van der Waals surface area contributed by atoms with Gasteiger partial charge in [-0.2, -0.15) is 11.8 Å². The van der Waals surface area contributed by atoms with Gasteiger partial charge in [0.1, 0.15) is 42.0 Å². The summed E-state index contributed by atoms with van der Waals surface area (Å²) in [6.07, 6.45) is 9.17. The van der Waals surface area contributed by atoms with Crippen LogP contribution in [0.1, 0.15) is 112 Å². The van der Waals surface area contributed by atoms with Gasteiger partial charge in [0.15, 0.2) is 0 Å². The van der Waals surface area contributed by atoms with Crippen molar-refractivity contribution in [2.45, 2.75) is 182 Å². The summed E-state index contributed by atoms with van der Waals surface area (Å²) in [7, 11) is 0. The molecule has 3 aliphatic rings. The molecule has 0 radical (unpaired) electrons. The van der Waals surface area contributed by atoms with Crippen LogP contribution in [0.3, 0.4) is 0 Å². The summed E-state index contributed by atoms with van der Waals surface area (Å²) in [5, 5.41) is 47.2. The molecule has 32 nitrogen and oxygen atoms in total. The predicted octanol–water partition coefficient (Wildman–Crippen LogP) is -1.42. The van der Waals surface area contributed by atoms with Crippen LogP contribution in [0.2, 0.25) is 0 Å². The molecule has 0 saturated carbocycles. The van der Waals surface area contributed by atoms with Crippen molar-refractivity contribution in [1.82, 2.24) is 78.1 Å². The molecule has 99 heavy (non-hydrogen) atoms. The van der Waals surface area contributed by atoms with Crippen molar-refractivity contribution in [3.8, 4) is 5.75 Å². The van der Waals surface area contributed by atoms with Crippen molar-refractivity contribution in [1.29, 1.82) is 0 Å². The van der Waals surface area contributed by atoms with Gasteiger partial charge < -0.3 is 94.7 Å². The first-order valence-corrected chi connectivity index (χ1v) is 35.2. The quantitative estimate of drug-likeness (QED) is 0.0192. The van der Waals surface area contributed by atoms with Gasteiger partial charge in [-0.15, -0.1) is 5.10 Å². The topological polar surface area (TPSA) is 476 Å². The number of amides is 11. The van der Waals surface area contributed by atoms with E-state index in [-0.39, 0.29) is 101 Å². The number of phenolic OH excluding ortho intramolecular Hbond substituents is 1. The molecule has 2 saturated heterocycles. The molecule has 0 spiro atoms. The van der Waals surface area contributed by atoms with Crippen LogP contribution in [-0.2, 0) is 89.6 Å². The van der Waals surface area contributed by atoms with Crippen molar-refractivity contribution < 1.29 is 67.3 Å². The minimum absolute atomic E-state index is 0.00929. The number of nitrogens with zero attached hydrogens (tertiary/aromatic N) is 4. The first-order chi connectivity index (χ1) is 47.9. The monoisotopic (exact) mass is 1400 g/mol. The smallest absolute Gasteiger partial charge is 0.315 e. The lowest BCUT2D eigenvalue weighted by Gasteiger charge is -2.28. The number of carbonyl (C=O) groups excluding carboxylic acids is 10. The van der Waals surface area contributed by atoms with Crippen LogP contribution in [-0.4, -0.2) is 214 Å². The molecule has 11 amide bonds. The number of aromatic nitrogens is 5. The lowest BCUT2D eigenvalue weighted by Crippen LogP contribution is -2.60. The van der Waals surface area contributed by atoms with Gasteiger partial charge in [-0.05, 0) is 100 Å². The van der Waals surface area contributed by atoms with Crippen molar-refractivity contribution in [3.63, 3.8) is 0 Å². The third-order valence-electron chi connectivity index (χ3n) is 16.9. The van der Waals surface area contributed by atoms with Crippen molar-refractivity contribution in [2.24, 2.45) is 17.2 Å². The maximum atomic E-state index is 14.7. The normalized spacial score (nSPS) is 23.0. The van der Waals surface area contributed by atoms with Crippen LogP contribution in [0.25, 0.3) is 0 Å². The second-order valence-electron chi connectivity index (χ2n) is 24.8. The molecular weight excluding hydrogens is 1300 g/mol. The lowest BCUT2D eigenvalue weighted by atomic mass is 10.0. The van der Waals surface area contributed by atoms with Crippen molar-refractivity contribution in [2.75, 3.05) is 65.0 Å². The number of primary amides is 1. The van der Waals surface area contributed by atoms with Crippen LogP contribution >= 0.6 is 11.8 Å². The standard InChI is InChI=1S/C66H98N18O14S/c67-24-8-6-14-49-61(90)76-50(22-23-56(69)86)62(91)79-53(37-44-38-70-41-73-44)65(94)74-48(60(89)72-26-11-29-97-31-33-98-32-30-96-28-10-25-71-57(87)17-5-4-16-55-58-54(40-99-55)80-66(95)81-58)15-7-9-27-84-39-45(82-83-84)36-47(68)59(88)77-51(34-42-12-2-1-3-13-42)64(93)78-52(63(92)75-49)35-43-18-20-46(85)21-19-43/h1-3,12-13,18-21,38-39,41,47-55,58,85H,4-11,14-17,22-37,40,67-68H2,(H2,69,86)(H,70,73)(H,71,87)(H,72,89)(H,74,94)(H,75,92)(H,76,90)(H,77,88)(H,78,93)(H,79,91)(H2,80,81,95)/t47-,48-,49-,50-,51-,52-,53-,54?,55+,58+/m0/s1. The molecular formula is C66H98N18O14S. The highest BCUT2D eigenvalue weighted by molar-refractivity contribution is 8.00. The second kappa shape index (κ2) is 42.3. The Balaban J connectivity index is 0.969. The Morgan fingerprint density at radius 1 is 0.626 bits per heavy atom. The Bertz CT molecular complexity index is 3200. The summed E-state index contributed by atoms with van der Waals surface area (Å²) >= 11 is 1.87. The number of phenols is 1. The molecule has 18 N–H and O–H groups in total. The number of unbranched alkanes of at least 4 members (excludes halogenated alkanes) is 2. The number of hydrogen-bond acceptors (Lipinski definition) is 20. The summed E-state index contributed by atoms with van der Waals surface area (Å²) in [4.78, 5) is 144. The molecule has 0 aliphatic carbocycles. The number of aryl methyl sites for hydroxylation is 1. The Labute approximate surface area is 579 Å². The van der Waals surface area contributed by atoms with E-state index in [0.717, 1.165) is 25.0 Å². The number of aromatic hydroxyl groups is 1. The molecule has 2 aromatic carbocycles. The van der Waals surface area contributed by atoms with Gasteiger partial charge >= 0.3 is 6.03 Å². The van der Waals surface area contributed by atoms with Gasteiger partial charge in [0.25, 0.3) is 0 Å². The Morgan fingerprint density at radius 2 is 1.22 bits per heavy atom. The zero-order valence-electron chi connectivity index (χ0n) is 55.9. The Morgan fingerprint density at radius 3 is 1.88 bits per heavy atom. The maximum Gasteiger partial charge on any atom is 0.315 e. The summed E-state index contributed by atoms with van der Waals surface area (Å²) in [5.41, 5.74) is 19.8. The third kappa shape index (κ3) is 27.8. The Hall–Kier alpha value is -8.76. The number of ether oxygens (including phenoxy) is 3. The molecule has 2 bridgehead atoms. The highest BCUT2D eigenvalue weighted by atomic mass is 32.2. The van der Waals surface area contributed by atoms with E-state index in [0.29, 0.717) is 112 Å². The van der Waals surface area contributed by atoms with Gasteiger partial charge in [-0.3, -0.25) is 47.8 Å². The highest BCUT2D eigenvalue weighted by Gasteiger charge is 2.43. The number of urea groups is 1. The number of hydrogen-bond donors (Lipinski definition) is 15. The fraction of sp³-hybridized carbons (Fsp3) is 0.591. The number of H-pyrrole nitrogens is 1. The number of nitrogens with two attached hydrogens (primary N) is 3. The van der Waals surface area contributed by atoms with Gasteiger partial charge in [0.05, 0.1) is 62.3 Å². The Kier molecular flexibility index (Phi) is 33.1. The minimum Gasteiger partial charge on any atom is -0.508 e. The number of thioether (sulfide) groups is 1. The van der Waals surface area contributed by atoms with E-state index in [2.05, 4.69) is 73.4 Å². The fourth-order valence-corrected chi connectivity index (χ4v) is 13.0. The summed E-state index contributed by atoms with van der Waals surface area (Å²) < 4.78 is 18.6. The third-order valence-corrected chi connectivity index (χ3v) is 18.4. The molecule has 5 heterocycles. The minimum atomic E-state index is -1.53. The van der Waals surface area contributed by atoms with E-state index in [1.54, 1.807) is 53.3 Å². The van der Waals surface area contributed by atoms with E-state index < -0.39 is 96.0 Å². The number of benzene rings is 2. The van der Waals surface area contributed by atoms with Gasteiger partial charge in [-0.25, -0.2) is 9.78 Å². The average Bonchev–Trinajstić information content (AvgIpc) is 1.71. The molecule has 33 heteroatoms. The van der Waals surface area contributed by atoms with Crippen LogP contribution in [0.4, 0.5) is 4.79 Å². The number of imidazole rings is 1. The number of carbonyl (C=O) groups is 10. The van der Waals surface area contributed by atoms with E-state index in [1.165, 1.54) is 24.7 Å². The average molecular weight is 1400 g/mol. The fourth-order valence-electron chi connectivity index (χ4n) is 11.5. The summed E-state index contributed by atoms with van der Waals surface area (Å²) in [5.74, 6) is -5.34. The van der Waals surface area contributed by atoms with Crippen LogP contribution in [0, 0.1) is 0 Å². The number of aromatic amines is 1. The van der Waals surface area contributed by atoms with Gasteiger partial charge in [0.2, 0.25) is 53.2 Å². The summed E-state index contributed by atoms with van der Waals surface area (Å²) in [6, 6.07) is 5.63. The zero-order valence-corrected chi connectivity index (χ0v) is 56.7. The van der Waals surface area contributed by atoms with Crippen LogP contribution in [0.5, 0.6) is 5.75 Å². The molecule has 1 unspecified atom stereocenters. The molecule has 7 rings (SSSR count). The van der Waals surface area contributed by atoms with Gasteiger partial charge in [0, 0.05) is 94.8 Å². The first kappa shape index (κ1) is 77.6. The van der Waals surface area contributed by atoms with Crippen LogP contribution in [0.15, 0.2) is 73.3 Å². The lowest BCUT2D eigenvalue weighted by molar-refractivity contribution is -0.135. The zero-order chi connectivity index (χ0) is 70.7. The van der Waals surface area contributed by atoms with E-state index in [1.807, 2.05) is 11.8 Å². The van der Waals surface area contributed by atoms with Crippen LogP contribution < -0.4 is 70.4 Å². The van der Waals surface area contributed by atoms with E-state index in [9.17, 15) is 53.1 Å². The number of nitrogens with one attached hydrogen (secondary N) is 11. The van der Waals surface area contributed by atoms with Crippen molar-refractivity contribution in [3.05, 3.63) is 95.8 Å². The molecule has 2 aromatic heterocycles. The summed E-state index contributed by atoms with van der Waals surface area (Å²) in [6.45, 7) is 3.24.